The second-order valence-corrected chi connectivity index (χ2v) is 5.99. The molecule has 0 fully saturated rings. The maximum absolute atomic E-state index is 12.6. The molecule has 7 nitrogen and oxygen atoms in total. The van der Waals surface area contributed by atoms with Gasteiger partial charge in [0.15, 0.2) is 0 Å². The molecule has 1 aromatic heterocycles. The molecule has 3 rings (SSSR count). The van der Waals surface area contributed by atoms with Crippen LogP contribution in [0.2, 0.25) is 5.02 Å². The molecule has 0 saturated heterocycles. The summed E-state index contributed by atoms with van der Waals surface area (Å²) in [5.41, 5.74) is 1.68. The number of nitrogens with one attached hydrogen (secondary N) is 1. The molecule has 140 valence electrons. The number of rotatable bonds is 6. The lowest BCUT2D eigenvalue weighted by molar-refractivity contribution is 0.102. The predicted octanol–water partition coefficient (Wildman–Crippen LogP) is 4.22. The summed E-state index contributed by atoms with van der Waals surface area (Å²) in [5, 5.41) is 7.08. The summed E-state index contributed by atoms with van der Waals surface area (Å²) in [4.78, 5) is 16.8. The van der Waals surface area contributed by atoms with Gasteiger partial charge in [-0.05, 0) is 18.2 Å². The van der Waals surface area contributed by atoms with E-state index in [9.17, 15) is 4.79 Å². The number of aryl methyl sites for hydroxylation is 1. The number of ether oxygens (including phenoxy) is 2. The van der Waals surface area contributed by atoms with Crippen molar-refractivity contribution >= 4 is 23.2 Å². The molecule has 0 aliphatic rings. The fourth-order valence-electron chi connectivity index (χ4n) is 2.44. The first-order valence-corrected chi connectivity index (χ1v) is 8.59. The van der Waals surface area contributed by atoms with Gasteiger partial charge in [0.1, 0.15) is 11.5 Å². The number of nitrogens with zero attached hydrogens (tertiary/aromatic N) is 2. The number of methoxy groups -OCH3 is 2. The zero-order valence-corrected chi connectivity index (χ0v) is 15.8. The van der Waals surface area contributed by atoms with Crippen LogP contribution >= 0.6 is 11.6 Å². The summed E-state index contributed by atoms with van der Waals surface area (Å²) >= 11 is 6.14. The molecule has 27 heavy (non-hydrogen) atoms. The lowest BCUT2D eigenvalue weighted by atomic mass is 10.1. The summed E-state index contributed by atoms with van der Waals surface area (Å²) in [5.74, 6) is 1.66. The Morgan fingerprint density at radius 2 is 1.85 bits per heavy atom. The Kier molecular flexibility index (Phi) is 5.61. The minimum Gasteiger partial charge on any atom is -0.495 e. The monoisotopic (exact) mass is 387 g/mol. The van der Waals surface area contributed by atoms with E-state index in [2.05, 4.69) is 15.5 Å². The number of carbonyl (C=O) groups is 1. The third-order valence-electron chi connectivity index (χ3n) is 3.90. The Morgan fingerprint density at radius 1 is 1.15 bits per heavy atom. The van der Waals surface area contributed by atoms with Crippen molar-refractivity contribution in [2.24, 2.45) is 0 Å². The van der Waals surface area contributed by atoms with E-state index in [1.807, 2.05) is 6.92 Å². The number of amides is 1. The molecule has 0 spiro atoms. The minimum absolute atomic E-state index is 0.302. The van der Waals surface area contributed by atoms with Gasteiger partial charge in [-0.2, -0.15) is 4.98 Å². The molecule has 0 saturated carbocycles. The molecule has 8 heteroatoms. The number of hydrogen-bond donors (Lipinski definition) is 1. The van der Waals surface area contributed by atoms with E-state index in [1.165, 1.54) is 14.2 Å². The summed E-state index contributed by atoms with van der Waals surface area (Å²) in [6, 6.07) is 10.1. The molecule has 0 unspecified atom stereocenters. The van der Waals surface area contributed by atoms with Gasteiger partial charge < -0.3 is 19.3 Å². The molecule has 3 aromatic rings. The second kappa shape index (κ2) is 8.09. The van der Waals surface area contributed by atoms with Crippen LogP contribution < -0.4 is 14.8 Å². The van der Waals surface area contributed by atoms with Gasteiger partial charge in [0.05, 0.1) is 24.9 Å². The zero-order chi connectivity index (χ0) is 19.4. The van der Waals surface area contributed by atoms with Gasteiger partial charge in [-0.3, -0.25) is 4.79 Å². The van der Waals surface area contributed by atoms with Gasteiger partial charge in [-0.15, -0.1) is 0 Å². The van der Waals surface area contributed by atoms with Crippen LogP contribution in [0.1, 0.15) is 23.2 Å². The molecular formula is C19H18ClN3O4. The van der Waals surface area contributed by atoms with E-state index in [1.54, 1.807) is 36.4 Å². The predicted molar refractivity (Wildman–Crippen MR) is 102 cm³/mol. The Bertz CT molecular complexity index is 954. The number of anilines is 1. The van der Waals surface area contributed by atoms with Crippen molar-refractivity contribution in [2.45, 2.75) is 13.3 Å². The molecule has 1 heterocycles. The molecule has 0 bridgehead atoms. The number of hydrogen-bond acceptors (Lipinski definition) is 6. The molecule has 0 atom stereocenters. The van der Waals surface area contributed by atoms with E-state index in [4.69, 9.17) is 25.6 Å². The van der Waals surface area contributed by atoms with Gasteiger partial charge in [-0.1, -0.05) is 35.8 Å². The van der Waals surface area contributed by atoms with Gasteiger partial charge in [0.2, 0.25) is 11.7 Å². The third-order valence-corrected chi connectivity index (χ3v) is 4.19. The average molecular weight is 388 g/mol. The number of benzene rings is 2. The topological polar surface area (TPSA) is 86.5 Å². The minimum atomic E-state index is -0.302. The fourth-order valence-corrected chi connectivity index (χ4v) is 2.68. The third kappa shape index (κ3) is 4.03. The van der Waals surface area contributed by atoms with Crippen LogP contribution in [0.25, 0.3) is 11.4 Å². The van der Waals surface area contributed by atoms with E-state index in [-0.39, 0.29) is 5.91 Å². The van der Waals surface area contributed by atoms with Crippen molar-refractivity contribution < 1.29 is 18.8 Å². The normalized spacial score (nSPS) is 10.5. The first-order valence-electron chi connectivity index (χ1n) is 8.21. The van der Waals surface area contributed by atoms with Crippen LogP contribution in [-0.2, 0) is 6.42 Å². The fraction of sp³-hybridized carbons (Fsp3) is 0.211. The van der Waals surface area contributed by atoms with Crippen LogP contribution in [0, 0.1) is 0 Å². The number of halogens is 1. The molecule has 0 radical (unpaired) electrons. The van der Waals surface area contributed by atoms with Crippen molar-refractivity contribution in [3.8, 4) is 22.9 Å². The van der Waals surface area contributed by atoms with Gasteiger partial charge in [0, 0.05) is 23.6 Å². The van der Waals surface area contributed by atoms with E-state index in [0.717, 1.165) is 5.56 Å². The smallest absolute Gasteiger partial charge is 0.255 e. The second-order valence-electron chi connectivity index (χ2n) is 5.58. The quantitative estimate of drug-likeness (QED) is 0.681. The van der Waals surface area contributed by atoms with E-state index < -0.39 is 0 Å². The van der Waals surface area contributed by atoms with Crippen LogP contribution in [0.5, 0.6) is 11.5 Å². The van der Waals surface area contributed by atoms with Crippen molar-refractivity contribution in [2.75, 3.05) is 19.5 Å². The highest BCUT2D eigenvalue weighted by Crippen LogP contribution is 2.36. The van der Waals surface area contributed by atoms with Crippen LogP contribution in [0.4, 0.5) is 5.69 Å². The van der Waals surface area contributed by atoms with Crippen LogP contribution in [0.15, 0.2) is 40.9 Å². The molecule has 2 aromatic carbocycles. The van der Waals surface area contributed by atoms with Gasteiger partial charge in [0.25, 0.3) is 5.91 Å². The number of aromatic nitrogens is 2. The average Bonchev–Trinajstić information content (AvgIpc) is 3.17. The molecule has 1 amide bonds. The maximum Gasteiger partial charge on any atom is 0.255 e. The van der Waals surface area contributed by atoms with Crippen molar-refractivity contribution in [1.29, 1.82) is 0 Å². The Morgan fingerprint density at radius 3 is 2.44 bits per heavy atom. The van der Waals surface area contributed by atoms with Crippen LogP contribution in [0.3, 0.4) is 0 Å². The Balaban J connectivity index is 1.79. The molecular weight excluding hydrogens is 370 g/mol. The van der Waals surface area contributed by atoms with E-state index >= 15 is 0 Å². The van der Waals surface area contributed by atoms with Crippen LogP contribution in [-0.4, -0.2) is 30.3 Å². The van der Waals surface area contributed by atoms with Crippen molar-refractivity contribution in [3.05, 3.63) is 52.9 Å². The summed E-state index contributed by atoms with van der Waals surface area (Å²) in [6.45, 7) is 1.93. The molecule has 0 aliphatic heterocycles. The summed E-state index contributed by atoms with van der Waals surface area (Å²) in [6.07, 6.45) is 0.666. The lowest BCUT2D eigenvalue weighted by Gasteiger charge is -2.13. The van der Waals surface area contributed by atoms with Crippen molar-refractivity contribution in [3.63, 3.8) is 0 Å². The first kappa shape index (κ1) is 18.7. The van der Waals surface area contributed by atoms with Crippen molar-refractivity contribution in [1.82, 2.24) is 10.1 Å². The number of carbonyl (C=O) groups excluding carboxylic acids is 1. The molecule has 1 N–H and O–H groups in total. The standard InChI is InChI=1S/C19H18ClN3O4/c1-4-17-22-18(23-27-17)11-5-7-12(8-6-11)19(24)21-14-9-13(20)15(25-2)10-16(14)26-3/h5-10H,4H2,1-3H3,(H,21,24). The highest BCUT2D eigenvalue weighted by molar-refractivity contribution is 6.32. The highest BCUT2D eigenvalue weighted by atomic mass is 35.5. The highest BCUT2D eigenvalue weighted by Gasteiger charge is 2.14. The Hall–Kier alpha value is -3.06. The van der Waals surface area contributed by atoms with Gasteiger partial charge in [-0.25, -0.2) is 0 Å². The van der Waals surface area contributed by atoms with Gasteiger partial charge >= 0.3 is 0 Å². The maximum atomic E-state index is 12.6. The largest absolute Gasteiger partial charge is 0.495 e. The molecule has 0 aliphatic carbocycles. The summed E-state index contributed by atoms with van der Waals surface area (Å²) in [7, 11) is 3.01. The summed E-state index contributed by atoms with van der Waals surface area (Å²) < 4.78 is 15.5. The zero-order valence-electron chi connectivity index (χ0n) is 15.1. The van der Waals surface area contributed by atoms with E-state index in [0.29, 0.717) is 45.9 Å². The Labute approximate surface area is 161 Å². The first-order chi connectivity index (χ1) is 13.0. The SMILES string of the molecule is CCc1nc(-c2ccc(C(=O)Nc3cc(Cl)c(OC)cc3OC)cc2)no1. The lowest BCUT2D eigenvalue weighted by Crippen LogP contribution is -2.12.